The number of para-hydroxylation sites is 1. The summed E-state index contributed by atoms with van der Waals surface area (Å²) in [4.78, 5) is 4.10. The first kappa shape index (κ1) is 13.6. The molecule has 3 aromatic rings. The highest BCUT2D eigenvalue weighted by molar-refractivity contribution is 5.81. The van der Waals surface area contributed by atoms with E-state index in [2.05, 4.69) is 27.5 Å². The normalized spacial score (nSPS) is 11.0. The van der Waals surface area contributed by atoms with Crippen LogP contribution in [0, 0.1) is 0 Å². The Kier molecular flexibility index (Phi) is 3.83. The van der Waals surface area contributed by atoms with E-state index >= 15 is 0 Å². The van der Waals surface area contributed by atoms with Gasteiger partial charge < -0.3 is 10.1 Å². The van der Waals surface area contributed by atoms with Crippen molar-refractivity contribution in [1.29, 1.82) is 0 Å². The first-order valence-corrected chi connectivity index (χ1v) is 6.88. The van der Waals surface area contributed by atoms with Crippen molar-refractivity contribution in [3.05, 3.63) is 53.9 Å². The molecule has 0 atom stereocenters. The quantitative estimate of drug-likeness (QED) is 0.780. The molecule has 0 amide bonds. The minimum Gasteiger partial charge on any atom is -0.481 e. The third-order valence-corrected chi connectivity index (χ3v) is 3.46. The lowest BCUT2D eigenvalue weighted by molar-refractivity contribution is 0.397. The number of fused-ring (bicyclic) bond motifs is 1. The van der Waals surface area contributed by atoms with Crippen LogP contribution in [0.4, 0.5) is 0 Å². The number of aromatic nitrogens is 3. The van der Waals surface area contributed by atoms with E-state index in [0.717, 1.165) is 29.9 Å². The maximum Gasteiger partial charge on any atom is 0.213 e. The van der Waals surface area contributed by atoms with Crippen molar-refractivity contribution >= 4 is 10.9 Å². The predicted octanol–water partition coefficient (Wildman–Crippen LogP) is 2.27. The molecule has 3 rings (SSSR count). The summed E-state index contributed by atoms with van der Waals surface area (Å²) in [5, 5.41) is 9.18. The van der Waals surface area contributed by atoms with Gasteiger partial charge in [-0.2, -0.15) is 5.10 Å². The fourth-order valence-corrected chi connectivity index (χ4v) is 2.42. The molecule has 5 nitrogen and oxygen atoms in total. The molecule has 0 saturated heterocycles. The fourth-order valence-electron chi connectivity index (χ4n) is 2.42. The van der Waals surface area contributed by atoms with Crippen LogP contribution in [-0.2, 0) is 20.1 Å². The molecule has 0 aliphatic heterocycles. The Labute approximate surface area is 123 Å². The number of pyridine rings is 1. The highest BCUT2D eigenvalue weighted by Crippen LogP contribution is 2.17. The van der Waals surface area contributed by atoms with Gasteiger partial charge in [0.1, 0.15) is 0 Å². The Morgan fingerprint density at radius 1 is 1.19 bits per heavy atom. The van der Waals surface area contributed by atoms with Gasteiger partial charge in [0.25, 0.3) is 0 Å². The number of ether oxygens (including phenoxy) is 1. The number of hydrogen-bond donors (Lipinski definition) is 1. The molecule has 0 radical (unpaired) electrons. The Balaban J connectivity index is 1.69. The number of benzene rings is 1. The van der Waals surface area contributed by atoms with E-state index in [1.165, 1.54) is 5.39 Å². The molecular weight excluding hydrogens is 264 g/mol. The van der Waals surface area contributed by atoms with Gasteiger partial charge >= 0.3 is 0 Å². The summed E-state index contributed by atoms with van der Waals surface area (Å²) in [7, 11) is 3.60. The number of nitrogens with one attached hydrogen (secondary N) is 1. The second-order valence-corrected chi connectivity index (χ2v) is 4.90. The first-order valence-electron chi connectivity index (χ1n) is 6.88. The lowest BCUT2D eigenvalue weighted by atomic mass is 10.2. The Bertz CT molecular complexity index is 751. The van der Waals surface area contributed by atoms with Gasteiger partial charge in [0.15, 0.2) is 0 Å². The van der Waals surface area contributed by atoms with Gasteiger partial charge in [-0.05, 0) is 17.7 Å². The van der Waals surface area contributed by atoms with Crippen LogP contribution in [0.3, 0.4) is 0 Å². The highest BCUT2D eigenvalue weighted by Gasteiger charge is 2.07. The van der Waals surface area contributed by atoms with E-state index in [4.69, 9.17) is 4.74 Å². The van der Waals surface area contributed by atoms with Gasteiger partial charge in [0, 0.05) is 37.8 Å². The molecule has 0 unspecified atom stereocenters. The molecule has 5 heteroatoms. The SMILES string of the molecule is COc1cc(CNCc2nn(C)c3ccccc23)ccn1. The molecule has 0 bridgehead atoms. The average Bonchev–Trinajstić information content (AvgIpc) is 2.85. The highest BCUT2D eigenvalue weighted by atomic mass is 16.5. The minimum atomic E-state index is 0.637. The van der Waals surface area contributed by atoms with E-state index in [-0.39, 0.29) is 0 Å². The monoisotopic (exact) mass is 282 g/mol. The van der Waals surface area contributed by atoms with Gasteiger partial charge in [-0.15, -0.1) is 0 Å². The van der Waals surface area contributed by atoms with Gasteiger partial charge in [0.05, 0.1) is 18.3 Å². The topological polar surface area (TPSA) is 52.0 Å². The largest absolute Gasteiger partial charge is 0.481 e. The predicted molar refractivity (Wildman–Crippen MR) is 82.0 cm³/mol. The summed E-state index contributed by atoms with van der Waals surface area (Å²) in [5.74, 6) is 0.637. The molecule has 0 aliphatic carbocycles. The Morgan fingerprint density at radius 2 is 2.05 bits per heavy atom. The fraction of sp³-hybridized carbons (Fsp3) is 0.250. The molecule has 21 heavy (non-hydrogen) atoms. The summed E-state index contributed by atoms with van der Waals surface area (Å²) in [6.07, 6.45) is 1.76. The number of methoxy groups -OCH3 is 1. The molecular formula is C16H18N4O. The average molecular weight is 282 g/mol. The Hall–Kier alpha value is -2.40. The molecule has 0 aliphatic rings. The number of nitrogens with zero attached hydrogens (tertiary/aromatic N) is 3. The van der Waals surface area contributed by atoms with Crippen LogP contribution in [0.2, 0.25) is 0 Å². The van der Waals surface area contributed by atoms with E-state index in [1.807, 2.05) is 36.0 Å². The zero-order valence-electron chi connectivity index (χ0n) is 12.2. The smallest absolute Gasteiger partial charge is 0.213 e. The van der Waals surface area contributed by atoms with Gasteiger partial charge in [-0.1, -0.05) is 18.2 Å². The van der Waals surface area contributed by atoms with E-state index < -0.39 is 0 Å². The number of rotatable bonds is 5. The maximum atomic E-state index is 5.13. The van der Waals surface area contributed by atoms with Crippen LogP contribution in [-0.4, -0.2) is 21.9 Å². The van der Waals surface area contributed by atoms with E-state index in [0.29, 0.717) is 5.88 Å². The van der Waals surface area contributed by atoms with Crippen molar-refractivity contribution in [2.75, 3.05) is 7.11 Å². The van der Waals surface area contributed by atoms with Crippen LogP contribution in [0.25, 0.3) is 10.9 Å². The van der Waals surface area contributed by atoms with Crippen molar-refractivity contribution in [2.24, 2.45) is 7.05 Å². The molecule has 1 N–H and O–H groups in total. The van der Waals surface area contributed by atoms with Crippen molar-refractivity contribution in [3.8, 4) is 5.88 Å². The Morgan fingerprint density at radius 3 is 2.90 bits per heavy atom. The standard InChI is InChI=1S/C16H18N4O/c1-20-15-6-4-3-5-13(15)14(19-20)11-17-10-12-7-8-18-16(9-12)21-2/h3-9,17H,10-11H2,1-2H3. The van der Waals surface area contributed by atoms with Gasteiger partial charge in [0.2, 0.25) is 5.88 Å². The number of hydrogen-bond acceptors (Lipinski definition) is 4. The van der Waals surface area contributed by atoms with Crippen molar-refractivity contribution in [2.45, 2.75) is 13.1 Å². The van der Waals surface area contributed by atoms with Crippen LogP contribution in [0.1, 0.15) is 11.3 Å². The molecule has 1 aromatic carbocycles. The molecule has 108 valence electrons. The van der Waals surface area contributed by atoms with Crippen LogP contribution < -0.4 is 10.1 Å². The summed E-state index contributed by atoms with van der Waals surface area (Å²) >= 11 is 0. The summed E-state index contributed by atoms with van der Waals surface area (Å²) in [6, 6.07) is 12.2. The van der Waals surface area contributed by atoms with Crippen molar-refractivity contribution in [3.63, 3.8) is 0 Å². The zero-order chi connectivity index (χ0) is 14.7. The lowest BCUT2D eigenvalue weighted by Crippen LogP contribution is -2.13. The first-order chi connectivity index (χ1) is 10.3. The molecule has 2 aromatic heterocycles. The second kappa shape index (κ2) is 5.93. The van der Waals surface area contributed by atoms with E-state index in [9.17, 15) is 0 Å². The maximum absolute atomic E-state index is 5.13. The van der Waals surface area contributed by atoms with Gasteiger partial charge in [-0.3, -0.25) is 4.68 Å². The molecule has 0 spiro atoms. The van der Waals surface area contributed by atoms with Crippen LogP contribution in [0.15, 0.2) is 42.6 Å². The second-order valence-electron chi connectivity index (χ2n) is 4.90. The molecule has 0 saturated carbocycles. The molecule has 2 heterocycles. The van der Waals surface area contributed by atoms with Crippen molar-refractivity contribution < 1.29 is 4.74 Å². The van der Waals surface area contributed by atoms with Crippen molar-refractivity contribution in [1.82, 2.24) is 20.1 Å². The number of aryl methyl sites for hydroxylation is 1. The van der Waals surface area contributed by atoms with E-state index in [1.54, 1.807) is 13.3 Å². The lowest BCUT2D eigenvalue weighted by Gasteiger charge is -2.05. The van der Waals surface area contributed by atoms with Gasteiger partial charge in [-0.25, -0.2) is 4.98 Å². The third-order valence-electron chi connectivity index (χ3n) is 3.46. The zero-order valence-corrected chi connectivity index (χ0v) is 12.2. The van der Waals surface area contributed by atoms with Crippen LogP contribution >= 0.6 is 0 Å². The molecule has 0 fully saturated rings. The summed E-state index contributed by atoms with van der Waals surface area (Å²) in [5.41, 5.74) is 3.36. The summed E-state index contributed by atoms with van der Waals surface area (Å²) < 4.78 is 7.04. The third kappa shape index (κ3) is 2.87. The minimum absolute atomic E-state index is 0.637. The summed E-state index contributed by atoms with van der Waals surface area (Å²) in [6.45, 7) is 1.48. The van der Waals surface area contributed by atoms with Crippen LogP contribution in [0.5, 0.6) is 5.88 Å².